The number of aliphatic hydroxyl groups is 1. The minimum atomic E-state index is -0.255. The first-order chi connectivity index (χ1) is 14.9. The van der Waals surface area contributed by atoms with Gasteiger partial charge in [-0.1, -0.05) is 36.4 Å². The van der Waals surface area contributed by atoms with Crippen LogP contribution in [0, 0.1) is 6.92 Å². The van der Waals surface area contributed by atoms with E-state index in [0.29, 0.717) is 11.1 Å². The molecule has 0 saturated heterocycles. The lowest BCUT2D eigenvalue weighted by atomic mass is 9.83. The number of aliphatic hydroxyl groups excluding tert-OH is 1. The van der Waals surface area contributed by atoms with E-state index in [0.717, 1.165) is 16.7 Å². The van der Waals surface area contributed by atoms with Gasteiger partial charge in [-0.15, -0.1) is 0 Å². The standard InChI is InChI=1S/C25H26N2O4/c1-17-5-3-4-6-21(17)22(15-23(29)20-11-12-24(30)27(2)16-20)18-7-9-19(10-8-18)25(31)26-13-14-28/h3-12,16,22,28H,13-15H2,1-2H3,(H,26,31). The SMILES string of the molecule is Cc1ccccc1C(CC(=O)c1ccc(=O)n(C)c1)c1ccc(C(=O)NCCO)cc1. The van der Waals surface area contributed by atoms with Crippen LogP contribution >= 0.6 is 0 Å². The van der Waals surface area contributed by atoms with Crippen LogP contribution in [0.2, 0.25) is 0 Å². The normalized spacial score (nSPS) is 11.7. The summed E-state index contributed by atoms with van der Waals surface area (Å²) in [5.41, 5.74) is 3.85. The van der Waals surface area contributed by atoms with Crippen LogP contribution in [0.1, 0.15) is 49.7 Å². The number of aromatic nitrogens is 1. The highest BCUT2D eigenvalue weighted by Gasteiger charge is 2.21. The van der Waals surface area contributed by atoms with Crippen molar-refractivity contribution in [1.82, 2.24) is 9.88 Å². The number of ketones is 1. The lowest BCUT2D eigenvalue weighted by molar-refractivity contribution is 0.0942. The largest absolute Gasteiger partial charge is 0.395 e. The zero-order valence-electron chi connectivity index (χ0n) is 17.7. The summed E-state index contributed by atoms with van der Waals surface area (Å²) >= 11 is 0. The highest BCUT2D eigenvalue weighted by atomic mass is 16.3. The van der Waals surface area contributed by atoms with Crippen LogP contribution in [-0.2, 0) is 7.05 Å². The third-order valence-electron chi connectivity index (χ3n) is 5.33. The molecule has 2 N–H and O–H groups in total. The van der Waals surface area contributed by atoms with Crippen molar-refractivity contribution in [2.45, 2.75) is 19.3 Å². The number of benzene rings is 2. The summed E-state index contributed by atoms with van der Waals surface area (Å²) in [6, 6.07) is 18.1. The van der Waals surface area contributed by atoms with Crippen LogP contribution in [0.15, 0.2) is 71.7 Å². The highest BCUT2D eigenvalue weighted by molar-refractivity contribution is 5.97. The van der Waals surface area contributed by atoms with Gasteiger partial charge >= 0.3 is 0 Å². The van der Waals surface area contributed by atoms with Crippen LogP contribution in [-0.4, -0.2) is 34.5 Å². The fourth-order valence-corrected chi connectivity index (χ4v) is 3.59. The quantitative estimate of drug-likeness (QED) is 0.551. The molecule has 0 fully saturated rings. The molecule has 0 saturated carbocycles. The minimum absolute atomic E-state index is 0.0615. The Morgan fingerprint density at radius 1 is 1.00 bits per heavy atom. The van der Waals surface area contributed by atoms with Gasteiger partial charge in [0.25, 0.3) is 5.91 Å². The smallest absolute Gasteiger partial charge is 0.251 e. The predicted molar refractivity (Wildman–Crippen MR) is 120 cm³/mol. The summed E-state index contributed by atoms with van der Waals surface area (Å²) in [5.74, 6) is -0.511. The Morgan fingerprint density at radius 2 is 1.68 bits per heavy atom. The summed E-state index contributed by atoms with van der Waals surface area (Å²) in [4.78, 5) is 36.9. The molecule has 1 heterocycles. The molecule has 3 aromatic rings. The second kappa shape index (κ2) is 10.00. The number of rotatable bonds is 8. The van der Waals surface area contributed by atoms with E-state index < -0.39 is 0 Å². The van der Waals surface area contributed by atoms with Crippen molar-refractivity contribution in [3.8, 4) is 0 Å². The van der Waals surface area contributed by atoms with E-state index in [1.807, 2.05) is 43.3 Å². The number of carbonyl (C=O) groups is 2. The third kappa shape index (κ3) is 5.35. The van der Waals surface area contributed by atoms with Crippen molar-refractivity contribution in [3.05, 3.63) is 105 Å². The Morgan fingerprint density at radius 3 is 2.32 bits per heavy atom. The molecule has 31 heavy (non-hydrogen) atoms. The first-order valence-electron chi connectivity index (χ1n) is 10.1. The molecule has 0 bridgehead atoms. The molecule has 0 aliphatic carbocycles. The van der Waals surface area contributed by atoms with Crippen molar-refractivity contribution in [2.24, 2.45) is 7.05 Å². The average molecular weight is 418 g/mol. The Labute approximate surface area is 181 Å². The van der Waals surface area contributed by atoms with Crippen molar-refractivity contribution < 1.29 is 14.7 Å². The van der Waals surface area contributed by atoms with Gasteiger partial charge in [0.15, 0.2) is 5.78 Å². The van der Waals surface area contributed by atoms with Gasteiger partial charge in [-0.3, -0.25) is 14.4 Å². The van der Waals surface area contributed by atoms with Crippen molar-refractivity contribution in [3.63, 3.8) is 0 Å². The van der Waals surface area contributed by atoms with Crippen molar-refractivity contribution in [2.75, 3.05) is 13.2 Å². The number of nitrogens with zero attached hydrogens (tertiary/aromatic N) is 1. The fourth-order valence-electron chi connectivity index (χ4n) is 3.59. The van der Waals surface area contributed by atoms with Crippen LogP contribution in [0.3, 0.4) is 0 Å². The van der Waals surface area contributed by atoms with Crippen LogP contribution in [0.25, 0.3) is 0 Å². The maximum Gasteiger partial charge on any atom is 0.251 e. The lowest BCUT2D eigenvalue weighted by Crippen LogP contribution is -2.26. The first-order valence-corrected chi connectivity index (χ1v) is 10.1. The highest BCUT2D eigenvalue weighted by Crippen LogP contribution is 2.31. The molecule has 2 aromatic carbocycles. The topological polar surface area (TPSA) is 88.4 Å². The molecule has 6 nitrogen and oxygen atoms in total. The zero-order chi connectivity index (χ0) is 22.4. The second-order valence-corrected chi connectivity index (χ2v) is 7.50. The Balaban J connectivity index is 1.93. The van der Waals surface area contributed by atoms with E-state index in [2.05, 4.69) is 5.32 Å². The molecular formula is C25H26N2O4. The van der Waals surface area contributed by atoms with E-state index in [1.165, 1.54) is 10.6 Å². The van der Waals surface area contributed by atoms with Gasteiger partial charge in [0.2, 0.25) is 5.56 Å². The molecule has 0 aliphatic heterocycles. The number of carbonyl (C=O) groups excluding carboxylic acids is 2. The zero-order valence-corrected chi connectivity index (χ0v) is 17.7. The molecule has 1 aromatic heterocycles. The number of Topliss-reactive ketones (excluding diaryl/α,β-unsaturated/α-hetero) is 1. The lowest BCUT2D eigenvalue weighted by Gasteiger charge is -2.20. The maximum atomic E-state index is 13.1. The van der Waals surface area contributed by atoms with Crippen molar-refractivity contribution in [1.29, 1.82) is 0 Å². The molecule has 6 heteroatoms. The fraction of sp³-hybridized carbons (Fsp3) is 0.240. The molecule has 0 spiro atoms. The number of pyridine rings is 1. The summed E-state index contributed by atoms with van der Waals surface area (Å²) in [6.45, 7) is 2.09. The van der Waals surface area contributed by atoms with E-state index in [4.69, 9.17) is 5.11 Å². The first kappa shape index (κ1) is 22.2. The Kier molecular flexibility index (Phi) is 7.15. The summed E-state index contributed by atoms with van der Waals surface area (Å²) in [6.07, 6.45) is 1.80. The minimum Gasteiger partial charge on any atom is -0.395 e. The summed E-state index contributed by atoms with van der Waals surface area (Å²) in [5, 5.41) is 11.5. The van der Waals surface area contributed by atoms with E-state index in [1.54, 1.807) is 31.4 Å². The monoisotopic (exact) mass is 418 g/mol. The van der Waals surface area contributed by atoms with Crippen LogP contribution < -0.4 is 10.9 Å². The van der Waals surface area contributed by atoms with E-state index in [-0.39, 0.29) is 42.7 Å². The molecule has 1 atom stereocenters. The average Bonchev–Trinajstić information content (AvgIpc) is 2.78. The van der Waals surface area contributed by atoms with Gasteiger partial charge < -0.3 is 15.0 Å². The van der Waals surface area contributed by atoms with E-state index in [9.17, 15) is 14.4 Å². The molecule has 1 unspecified atom stereocenters. The Hall–Kier alpha value is -3.51. The van der Waals surface area contributed by atoms with Crippen molar-refractivity contribution >= 4 is 11.7 Å². The Bertz CT molecular complexity index is 1130. The van der Waals surface area contributed by atoms with Crippen LogP contribution in [0.5, 0.6) is 0 Å². The second-order valence-electron chi connectivity index (χ2n) is 7.50. The molecular weight excluding hydrogens is 392 g/mol. The summed E-state index contributed by atoms with van der Waals surface area (Å²) in [7, 11) is 1.62. The molecule has 0 radical (unpaired) electrons. The third-order valence-corrected chi connectivity index (χ3v) is 5.33. The number of nitrogens with one attached hydrogen (secondary N) is 1. The number of hydrogen-bond acceptors (Lipinski definition) is 4. The summed E-state index contributed by atoms with van der Waals surface area (Å²) < 4.78 is 1.40. The maximum absolute atomic E-state index is 13.1. The van der Waals surface area contributed by atoms with Gasteiger partial charge in [0, 0.05) is 49.3 Å². The molecule has 0 aliphatic rings. The van der Waals surface area contributed by atoms with E-state index >= 15 is 0 Å². The molecule has 3 rings (SSSR count). The number of hydrogen-bond donors (Lipinski definition) is 2. The predicted octanol–water partition coefficient (Wildman–Crippen LogP) is 2.82. The molecule has 1 amide bonds. The van der Waals surface area contributed by atoms with Gasteiger partial charge in [0.05, 0.1) is 6.61 Å². The van der Waals surface area contributed by atoms with Crippen LogP contribution in [0.4, 0.5) is 0 Å². The van der Waals surface area contributed by atoms with Gasteiger partial charge in [-0.2, -0.15) is 0 Å². The number of aryl methyl sites for hydroxylation is 2. The van der Waals surface area contributed by atoms with Gasteiger partial charge in [-0.05, 0) is 41.8 Å². The van der Waals surface area contributed by atoms with Gasteiger partial charge in [0.1, 0.15) is 0 Å². The number of amides is 1. The van der Waals surface area contributed by atoms with Gasteiger partial charge in [-0.25, -0.2) is 0 Å². The molecule has 160 valence electrons.